The molecule has 0 bridgehead atoms. The molecule has 2 N–H and O–H groups in total. The van der Waals surface area contributed by atoms with Gasteiger partial charge in [0.2, 0.25) is 0 Å². The van der Waals surface area contributed by atoms with Crippen molar-refractivity contribution in [2.45, 2.75) is 32.2 Å². The minimum Gasteiger partial charge on any atom is -0.326 e. The number of thioether (sulfide) groups is 1. The SMILES string of the molecule is CC(C)(C)C(N)CN1CCSCC1S(C)(=O)=O. The normalized spacial score (nSPS) is 25.8. The Morgan fingerprint density at radius 3 is 2.53 bits per heavy atom. The average Bonchev–Trinajstić information content (AvgIpc) is 2.15. The van der Waals surface area contributed by atoms with Crippen LogP contribution in [-0.2, 0) is 9.84 Å². The minimum atomic E-state index is -3.02. The van der Waals surface area contributed by atoms with E-state index in [0.29, 0.717) is 12.3 Å². The van der Waals surface area contributed by atoms with Crippen molar-refractivity contribution < 1.29 is 8.42 Å². The van der Waals surface area contributed by atoms with Gasteiger partial charge in [-0.3, -0.25) is 4.90 Å². The largest absolute Gasteiger partial charge is 0.326 e. The highest BCUT2D eigenvalue weighted by molar-refractivity contribution is 8.00. The molecule has 0 spiro atoms. The van der Waals surface area contributed by atoms with Gasteiger partial charge >= 0.3 is 0 Å². The van der Waals surface area contributed by atoms with Gasteiger partial charge in [0.1, 0.15) is 5.37 Å². The molecule has 0 aromatic rings. The first-order chi connectivity index (χ1) is 7.62. The van der Waals surface area contributed by atoms with Gasteiger partial charge in [-0.05, 0) is 5.41 Å². The Balaban J connectivity index is 2.73. The van der Waals surface area contributed by atoms with Crippen LogP contribution in [0.3, 0.4) is 0 Å². The molecule has 0 aromatic carbocycles. The highest BCUT2D eigenvalue weighted by Crippen LogP contribution is 2.24. The first-order valence-corrected chi connectivity index (χ1v) is 8.99. The van der Waals surface area contributed by atoms with E-state index in [0.717, 1.165) is 12.3 Å². The molecule has 0 aliphatic carbocycles. The van der Waals surface area contributed by atoms with Gasteiger partial charge in [0.15, 0.2) is 9.84 Å². The summed E-state index contributed by atoms with van der Waals surface area (Å²) in [5.41, 5.74) is 6.15. The molecule has 0 amide bonds. The van der Waals surface area contributed by atoms with Crippen LogP contribution < -0.4 is 5.73 Å². The standard InChI is InChI=1S/C11H24N2O2S2/c1-11(2,3)9(12)7-13-5-6-16-8-10(13)17(4,14)15/h9-10H,5-8,12H2,1-4H3. The van der Waals surface area contributed by atoms with Crippen molar-refractivity contribution in [3.63, 3.8) is 0 Å². The van der Waals surface area contributed by atoms with Crippen LogP contribution in [0.5, 0.6) is 0 Å². The Kier molecular flexibility index (Phi) is 4.91. The van der Waals surface area contributed by atoms with Crippen LogP contribution in [0.25, 0.3) is 0 Å². The zero-order valence-corrected chi connectivity index (χ0v) is 12.8. The molecule has 0 radical (unpaired) electrons. The monoisotopic (exact) mass is 280 g/mol. The zero-order valence-electron chi connectivity index (χ0n) is 11.1. The first kappa shape index (κ1) is 15.3. The van der Waals surface area contributed by atoms with Crippen molar-refractivity contribution in [3.05, 3.63) is 0 Å². The van der Waals surface area contributed by atoms with Crippen LogP contribution in [-0.4, -0.2) is 55.6 Å². The van der Waals surface area contributed by atoms with Gasteiger partial charge in [-0.1, -0.05) is 20.8 Å². The lowest BCUT2D eigenvalue weighted by molar-refractivity contribution is 0.196. The molecule has 6 heteroatoms. The summed E-state index contributed by atoms with van der Waals surface area (Å²) in [6.07, 6.45) is 1.32. The quantitative estimate of drug-likeness (QED) is 0.828. The van der Waals surface area contributed by atoms with Crippen LogP contribution in [0, 0.1) is 5.41 Å². The van der Waals surface area contributed by atoms with Crippen molar-refractivity contribution in [1.82, 2.24) is 4.90 Å². The molecule has 17 heavy (non-hydrogen) atoms. The van der Waals surface area contributed by atoms with Crippen molar-refractivity contribution in [2.24, 2.45) is 11.1 Å². The van der Waals surface area contributed by atoms with Gasteiger partial charge in [-0.25, -0.2) is 8.42 Å². The van der Waals surface area contributed by atoms with Crippen LogP contribution in [0.4, 0.5) is 0 Å². The third-order valence-corrected chi connectivity index (χ3v) is 5.92. The second-order valence-electron chi connectivity index (χ2n) is 5.83. The fraction of sp³-hybridized carbons (Fsp3) is 1.00. The molecule has 1 heterocycles. The zero-order chi connectivity index (χ0) is 13.3. The van der Waals surface area contributed by atoms with Crippen molar-refractivity contribution in [2.75, 3.05) is 30.9 Å². The summed E-state index contributed by atoms with van der Waals surface area (Å²) in [6, 6.07) is -0.00477. The highest BCUT2D eigenvalue weighted by atomic mass is 32.2. The van der Waals surface area contributed by atoms with E-state index in [1.807, 2.05) is 4.90 Å². The van der Waals surface area contributed by atoms with Crippen LogP contribution >= 0.6 is 11.8 Å². The molecule has 1 aliphatic rings. The maximum absolute atomic E-state index is 11.7. The number of sulfone groups is 1. The van der Waals surface area contributed by atoms with E-state index < -0.39 is 9.84 Å². The smallest absolute Gasteiger partial charge is 0.164 e. The predicted molar refractivity (Wildman–Crippen MR) is 75.0 cm³/mol. The molecule has 1 fully saturated rings. The third-order valence-electron chi connectivity index (χ3n) is 3.23. The van der Waals surface area contributed by atoms with E-state index in [2.05, 4.69) is 20.8 Å². The number of hydrogen-bond acceptors (Lipinski definition) is 5. The fourth-order valence-corrected chi connectivity index (χ4v) is 4.70. The van der Waals surface area contributed by atoms with E-state index in [1.165, 1.54) is 6.26 Å². The number of rotatable bonds is 3. The van der Waals surface area contributed by atoms with Gasteiger partial charge < -0.3 is 5.73 Å². The summed E-state index contributed by atoms with van der Waals surface area (Å²) in [5, 5.41) is -0.366. The minimum absolute atomic E-state index is 0.00477. The third kappa shape index (κ3) is 4.43. The number of nitrogens with two attached hydrogens (primary N) is 1. The summed E-state index contributed by atoms with van der Waals surface area (Å²) in [6.45, 7) is 7.73. The Morgan fingerprint density at radius 2 is 2.06 bits per heavy atom. The Hall–Kier alpha value is 0.220. The summed E-state index contributed by atoms with van der Waals surface area (Å²) in [7, 11) is -3.02. The van der Waals surface area contributed by atoms with E-state index >= 15 is 0 Å². The van der Waals surface area contributed by atoms with Crippen LogP contribution in [0.1, 0.15) is 20.8 Å². The fourth-order valence-electron chi connectivity index (χ4n) is 1.75. The molecule has 2 unspecified atom stereocenters. The maximum Gasteiger partial charge on any atom is 0.164 e. The highest BCUT2D eigenvalue weighted by Gasteiger charge is 2.33. The molecule has 0 aromatic heterocycles. The molecule has 1 rings (SSSR count). The van der Waals surface area contributed by atoms with Gasteiger partial charge in [0, 0.05) is 36.9 Å². The number of nitrogens with zero attached hydrogens (tertiary/aromatic N) is 1. The lowest BCUT2D eigenvalue weighted by atomic mass is 9.87. The first-order valence-electron chi connectivity index (χ1n) is 5.88. The molecular weight excluding hydrogens is 256 g/mol. The number of hydrogen-bond donors (Lipinski definition) is 1. The van der Waals surface area contributed by atoms with Crippen molar-refractivity contribution in [3.8, 4) is 0 Å². The summed E-state index contributed by atoms with van der Waals surface area (Å²) in [4.78, 5) is 2.03. The molecular formula is C11H24N2O2S2. The second-order valence-corrected chi connectivity index (χ2v) is 9.18. The topological polar surface area (TPSA) is 63.4 Å². The van der Waals surface area contributed by atoms with Gasteiger partial charge in [-0.15, -0.1) is 0 Å². The Morgan fingerprint density at radius 1 is 1.47 bits per heavy atom. The molecule has 1 saturated heterocycles. The van der Waals surface area contributed by atoms with Gasteiger partial charge in [0.05, 0.1) is 0 Å². The molecule has 0 saturated carbocycles. The van der Waals surface area contributed by atoms with E-state index in [1.54, 1.807) is 11.8 Å². The average molecular weight is 280 g/mol. The van der Waals surface area contributed by atoms with E-state index in [4.69, 9.17) is 5.73 Å². The second kappa shape index (κ2) is 5.47. The summed E-state index contributed by atoms with van der Waals surface area (Å²) >= 11 is 1.71. The molecule has 102 valence electrons. The lowest BCUT2D eigenvalue weighted by Gasteiger charge is -2.38. The van der Waals surface area contributed by atoms with Crippen molar-refractivity contribution in [1.29, 1.82) is 0 Å². The van der Waals surface area contributed by atoms with Crippen LogP contribution in [0.15, 0.2) is 0 Å². The van der Waals surface area contributed by atoms with Crippen molar-refractivity contribution >= 4 is 21.6 Å². The molecule has 4 nitrogen and oxygen atoms in total. The van der Waals surface area contributed by atoms with Crippen LogP contribution in [0.2, 0.25) is 0 Å². The predicted octanol–water partition coefficient (Wildman–Crippen LogP) is 0.779. The summed E-state index contributed by atoms with van der Waals surface area (Å²) in [5.74, 6) is 1.65. The maximum atomic E-state index is 11.7. The Bertz CT molecular complexity index is 349. The Labute approximate surface area is 109 Å². The van der Waals surface area contributed by atoms with E-state index in [9.17, 15) is 8.42 Å². The summed E-state index contributed by atoms with van der Waals surface area (Å²) < 4.78 is 23.5. The van der Waals surface area contributed by atoms with Gasteiger partial charge in [-0.2, -0.15) is 11.8 Å². The van der Waals surface area contributed by atoms with Gasteiger partial charge in [0.25, 0.3) is 0 Å². The molecule has 2 atom stereocenters. The molecule has 1 aliphatic heterocycles. The van der Waals surface area contributed by atoms with E-state index in [-0.39, 0.29) is 16.8 Å². The lowest BCUT2D eigenvalue weighted by Crippen LogP contribution is -2.53.